The minimum Gasteiger partial charge on any atom is -0.369 e. The van der Waals surface area contributed by atoms with Crippen LogP contribution in [-0.4, -0.2) is 25.6 Å². The van der Waals surface area contributed by atoms with Gasteiger partial charge in [-0.3, -0.25) is 4.79 Å². The van der Waals surface area contributed by atoms with E-state index < -0.39 is 15.2 Å². The molecule has 5 nitrogen and oxygen atoms in total. The SMILES string of the molecule is NC(=O)C1CCC(NS(=O)(=O)CCl)CC1. The van der Waals surface area contributed by atoms with E-state index in [4.69, 9.17) is 17.3 Å². The third kappa shape index (κ3) is 3.96. The van der Waals surface area contributed by atoms with Crippen LogP contribution in [-0.2, 0) is 14.8 Å². The Morgan fingerprint density at radius 2 is 1.87 bits per heavy atom. The molecular weight excluding hydrogens is 240 g/mol. The Labute approximate surface area is 94.4 Å². The normalized spacial score (nSPS) is 27.5. The minimum absolute atomic E-state index is 0.107. The lowest BCUT2D eigenvalue weighted by Crippen LogP contribution is -2.40. The molecule has 0 saturated heterocycles. The van der Waals surface area contributed by atoms with Crippen LogP contribution in [0, 0.1) is 5.92 Å². The molecule has 0 atom stereocenters. The van der Waals surface area contributed by atoms with Gasteiger partial charge in [-0.15, -0.1) is 11.6 Å². The number of nitrogens with two attached hydrogens (primary N) is 1. The Hall–Kier alpha value is -0.330. The lowest BCUT2D eigenvalue weighted by molar-refractivity contribution is -0.122. The summed E-state index contributed by atoms with van der Waals surface area (Å²) in [5, 5.41) is -0.428. The fourth-order valence-corrected chi connectivity index (χ4v) is 2.78. The van der Waals surface area contributed by atoms with E-state index in [2.05, 4.69) is 4.72 Å². The summed E-state index contributed by atoms with van der Waals surface area (Å²) >= 11 is 5.27. The average Bonchev–Trinajstić information content (AvgIpc) is 2.18. The molecule has 1 saturated carbocycles. The number of hydrogen-bond acceptors (Lipinski definition) is 3. The van der Waals surface area contributed by atoms with Crippen molar-refractivity contribution >= 4 is 27.5 Å². The first-order chi connectivity index (χ1) is 6.94. The van der Waals surface area contributed by atoms with Gasteiger partial charge in [-0.25, -0.2) is 13.1 Å². The van der Waals surface area contributed by atoms with Crippen molar-refractivity contribution < 1.29 is 13.2 Å². The number of carbonyl (C=O) groups is 1. The maximum absolute atomic E-state index is 11.1. The number of primary amides is 1. The maximum atomic E-state index is 11.1. The second-order valence-electron chi connectivity index (χ2n) is 3.79. The molecule has 0 heterocycles. The number of nitrogens with one attached hydrogen (secondary N) is 1. The van der Waals surface area contributed by atoms with Crippen molar-refractivity contribution in [2.45, 2.75) is 31.7 Å². The van der Waals surface area contributed by atoms with Gasteiger partial charge in [0.1, 0.15) is 5.21 Å². The largest absolute Gasteiger partial charge is 0.369 e. The molecule has 1 rings (SSSR count). The molecular formula is C8H15ClN2O3S. The van der Waals surface area contributed by atoms with E-state index in [0.717, 1.165) is 0 Å². The molecule has 1 aliphatic rings. The van der Waals surface area contributed by atoms with Crippen LogP contribution in [0.15, 0.2) is 0 Å². The zero-order chi connectivity index (χ0) is 11.5. The van der Waals surface area contributed by atoms with E-state index in [0.29, 0.717) is 25.7 Å². The van der Waals surface area contributed by atoms with E-state index in [1.54, 1.807) is 0 Å². The Bertz CT molecular complexity index is 323. The molecule has 7 heteroatoms. The van der Waals surface area contributed by atoms with Gasteiger partial charge < -0.3 is 5.73 Å². The first-order valence-corrected chi connectivity index (χ1v) is 6.98. The summed E-state index contributed by atoms with van der Waals surface area (Å²) in [6.07, 6.45) is 2.57. The van der Waals surface area contributed by atoms with Crippen molar-refractivity contribution in [2.24, 2.45) is 11.7 Å². The zero-order valence-corrected chi connectivity index (χ0v) is 9.85. The van der Waals surface area contributed by atoms with Crippen molar-refractivity contribution in [1.29, 1.82) is 0 Å². The van der Waals surface area contributed by atoms with Gasteiger partial charge in [-0.1, -0.05) is 0 Å². The molecule has 0 bridgehead atoms. The smallest absolute Gasteiger partial charge is 0.225 e. The predicted octanol–water partition coefficient (Wildman–Crippen LogP) is 0.146. The number of alkyl halides is 1. The van der Waals surface area contributed by atoms with Crippen LogP contribution in [0.2, 0.25) is 0 Å². The van der Waals surface area contributed by atoms with E-state index in [9.17, 15) is 13.2 Å². The number of sulfonamides is 1. The van der Waals surface area contributed by atoms with Crippen LogP contribution >= 0.6 is 11.6 Å². The van der Waals surface area contributed by atoms with Crippen LogP contribution in [0.25, 0.3) is 0 Å². The summed E-state index contributed by atoms with van der Waals surface area (Å²) in [7, 11) is -3.36. The fraction of sp³-hybridized carbons (Fsp3) is 0.875. The Balaban J connectivity index is 2.42. The number of rotatable bonds is 4. The summed E-state index contributed by atoms with van der Waals surface area (Å²) < 4.78 is 24.8. The van der Waals surface area contributed by atoms with Gasteiger partial charge >= 0.3 is 0 Å². The summed E-state index contributed by atoms with van der Waals surface area (Å²) in [6, 6.07) is -0.107. The molecule has 0 aromatic carbocycles. The number of carbonyl (C=O) groups excluding carboxylic acids is 1. The minimum atomic E-state index is -3.36. The third-order valence-corrected chi connectivity index (χ3v) is 4.46. The van der Waals surface area contributed by atoms with E-state index in [1.807, 2.05) is 0 Å². The molecule has 0 aliphatic heterocycles. The highest BCUT2D eigenvalue weighted by Gasteiger charge is 2.26. The first-order valence-electron chi connectivity index (χ1n) is 4.80. The Morgan fingerprint density at radius 1 is 1.33 bits per heavy atom. The third-order valence-electron chi connectivity index (χ3n) is 2.62. The molecule has 15 heavy (non-hydrogen) atoms. The molecule has 1 aliphatic carbocycles. The first kappa shape index (κ1) is 12.7. The fourth-order valence-electron chi connectivity index (χ4n) is 1.78. The summed E-state index contributed by atoms with van der Waals surface area (Å²) in [4.78, 5) is 10.9. The average molecular weight is 255 g/mol. The van der Waals surface area contributed by atoms with E-state index >= 15 is 0 Å². The lowest BCUT2D eigenvalue weighted by Gasteiger charge is -2.26. The topological polar surface area (TPSA) is 89.3 Å². The van der Waals surface area contributed by atoms with Crippen LogP contribution in [0.1, 0.15) is 25.7 Å². The van der Waals surface area contributed by atoms with Crippen LogP contribution < -0.4 is 10.5 Å². The second kappa shape index (κ2) is 5.14. The Kier molecular flexibility index (Phi) is 4.36. The van der Waals surface area contributed by atoms with Crippen LogP contribution in [0.4, 0.5) is 0 Å². The van der Waals surface area contributed by atoms with Gasteiger partial charge in [-0.05, 0) is 25.7 Å². The number of halogens is 1. The number of hydrogen-bond donors (Lipinski definition) is 2. The highest BCUT2D eigenvalue weighted by Crippen LogP contribution is 2.24. The quantitative estimate of drug-likeness (QED) is 0.700. The highest BCUT2D eigenvalue weighted by molar-refractivity contribution is 7.90. The molecule has 0 aromatic heterocycles. The molecule has 1 fully saturated rings. The molecule has 0 radical (unpaired) electrons. The number of amides is 1. The van der Waals surface area contributed by atoms with Gasteiger partial charge in [-0.2, -0.15) is 0 Å². The molecule has 0 unspecified atom stereocenters. The maximum Gasteiger partial charge on any atom is 0.225 e. The van der Waals surface area contributed by atoms with Gasteiger partial charge in [0.15, 0.2) is 0 Å². The van der Waals surface area contributed by atoms with Crippen LogP contribution in [0.3, 0.4) is 0 Å². The molecule has 1 amide bonds. The van der Waals surface area contributed by atoms with Gasteiger partial charge in [0.25, 0.3) is 0 Å². The zero-order valence-electron chi connectivity index (χ0n) is 8.28. The molecule has 88 valence electrons. The van der Waals surface area contributed by atoms with Crippen molar-refractivity contribution in [2.75, 3.05) is 5.21 Å². The summed E-state index contributed by atoms with van der Waals surface area (Å²) in [5.41, 5.74) is 5.17. The van der Waals surface area contributed by atoms with Crippen molar-refractivity contribution in [3.63, 3.8) is 0 Å². The van der Waals surface area contributed by atoms with Crippen molar-refractivity contribution in [3.8, 4) is 0 Å². The predicted molar refractivity (Wildman–Crippen MR) is 57.7 cm³/mol. The highest BCUT2D eigenvalue weighted by atomic mass is 35.5. The van der Waals surface area contributed by atoms with Crippen molar-refractivity contribution in [3.05, 3.63) is 0 Å². The van der Waals surface area contributed by atoms with Crippen LogP contribution in [0.5, 0.6) is 0 Å². The standard InChI is InChI=1S/C8H15ClN2O3S/c9-5-15(13,14)11-7-3-1-6(2-4-7)8(10)12/h6-7,11H,1-5H2,(H2,10,12). The Morgan fingerprint density at radius 3 is 2.27 bits per heavy atom. The lowest BCUT2D eigenvalue weighted by atomic mass is 9.86. The molecule has 3 N–H and O–H groups in total. The summed E-state index contributed by atoms with van der Waals surface area (Å²) in [6.45, 7) is 0. The van der Waals surface area contributed by atoms with E-state index in [1.165, 1.54) is 0 Å². The van der Waals surface area contributed by atoms with Gasteiger partial charge in [0.2, 0.25) is 15.9 Å². The molecule has 0 aromatic rings. The van der Waals surface area contributed by atoms with Gasteiger partial charge in [0.05, 0.1) is 0 Å². The monoisotopic (exact) mass is 254 g/mol. The van der Waals surface area contributed by atoms with E-state index in [-0.39, 0.29) is 17.9 Å². The second-order valence-corrected chi connectivity index (χ2v) is 6.13. The van der Waals surface area contributed by atoms with Gasteiger partial charge in [0, 0.05) is 12.0 Å². The van der Waals surface area contributed by atoms with Crippen molar-refractivity contribution in [1.82, 2.24) is 4.72 Å². The summed E-state index contributed by atoms with van der Waals surface area (Å²) in [5.74, 6) is -0.407. The molecule has 0 spiro atoms.